The van der Waals surface area contributed by atoms with E-state index in [1.54, 1.807) is 0 Å². The lowest BCUT2D eigenvalue weighted by atomic mass is 10.0. The summed E-state index contributed by atoms with van der Waals surface area (Å²) in [6.45, 7) is 9.42. The second-order valence-corrected chi connectivity index (χ2v) is 7.43. The number of piperazine rings is 1. The number of rotatable bonds is 6. The molecule has 1 heterocycles. The van der Waals surface area contributed by atoms with Crippen molar-refractivity contribution in [2.45, 2.75) is 19.4 Å². The van der Waals surface area contributed by atoms with Crippen molar-refractivity contribution in [3.8, 4) is 0 Å². The number of hydrogen-bond donors (Lipinski definition) is 0. The van der Waals surface area contributed by atoms with Gasteiger partial charge in [0.1, 0.15) is 0 Å². The van der Waals surface area contributed by atoms with Gasteiger partial charge in [-0.15, -0.1) is 0 Å². The van der Waals surface area contributed by atoms with E-state index in [1.807, 2.05) is 0 Å². The largest absolute Gasteiger partial charge is 0.304 e. The molecule has 0 amide bonds. The fraction of sp³-hybridized carbons (Fsp3) is 0.524. The maximum absolute atomic E-state index is 2.61. The summed E-state index contributed by atoms with van der Waals surface area (Å²) in [7, 11) is 4.48. The second-order valence-electron chi connectivity index (χ2n) is 7.43. The van der Waals surface area contributed by atoms with Gasteiger partial charge >= 0.3 is 0 Å². The fourth-order valence-corrected chi connectivity index (χ4v) is 3.56. The molecule has 0 saturated carbocycles. The number of allylic oxidation sites excluding steroid dienone is 3. The zero-order valence-corrected chi connectivity index (χ0v) is 15.4. The van der Waals surface area contributed by atoms with E-state index < -0.39 is 0 Å². The van der Waals surface area contributed by atoms with Crippen molar-refractivity contribution in [1.82, 2.24) is 14.7 Å². The Kier molecular flexibility index (Phi) is 5.88. The van der Waals surface area contributed by atoms with E-state index in [-0.39, 0.29) is 0 Å². The van der Waals surface area contributed by atoms with Crippen LogP contribution in [0.25, 0.3) is 5.57 Å². The molecule has 1 aromatic carbocycles. The van der Waals surface area contributed by atoms with Gasteiger partial charge in [-0.25, -0.2) is 0 Å². The molecule has 24 heavy (non-hydrogen) atoms. The molecule has 3 rings (SSSR count). The lowest BCUT2D eigenvalue weighted by Crippen LogP contribution is -2.49. The van der Waals surface area contributed by atoms with Gasteiger partial charge in [0, 0.05) is 45.3 Å². The summed E-state index contributed by atoms with van der Waals surface area (Å²) >= 11 is 0. The maximum Gasteiger partial charge on any atom is 0.0199 e. The van der Waals surface area contributed by atoms with Crippen LogP contribution in [0.15, 0.2) is 48.1 Å². The molecule has 0 aromatic heterocycles. The van der Waals surface area contributed by atoms with Gasteiger partial charge < -0.3 is 4.90 Å². The summed E-state index contributed by atoms with van der Waals surface area (Å²) < 4.78 is 0. The molecule has 0 spiro atoms. The highest BCUT2D eigenvalue weighted by Crippen LogP contribution is 2.28. The molecule has 1 aliphatic carbocycles. The molecule has 1 aromatic rings. The Morgan fingerprint density at radius 2 is 1.75 bits per heavy atom. The SMILES string of the molecule is CC(CN1CCN(C)CC1)N(C)CC1=CC=C(c2ccccc2)C1. The summed E-state index contributed by atoms with van der Waals surface area (Å²) in [6.07, 6.45) is 5.71. The molecule has 1 unspecified atom stereocenters. The minimum absolute atomic E-state index is 0.593. The van der Waals surface area contributed by atoms with Crippen LogP contribution in [0.3, 0.4) is 0 Å². The molecule has 0 radical (unpaired) electrons. The Bertz CT molecular complexity index is 582. The summed E-state index contributed by atoms with van der Waals surface area (Å²) in [5, 5.41) is 0. The molecule has 3 heteroatoms. The summed E-state index contributed by atoms with van der Waals surface area (Å²) in [5.41, 5.74) is 4.34. The molecular weight excluding hydrogens is 294 g/mol. The minimum Gasteiger partial charge on any atom is -0.304 e. The zero-order valence-electron chi connectivity index (χ0n) is 15.4. The first kappa shape index (κ1) is 17.4. The quantitative estimate of drug-likeness (QED) is 0.796. The predicted octanol–water partition coefficient (Wildman–Crippen LogP) is 2.97. The monoisotopic (exact) mass is 325 g/mol. The highest BCUT2D eigenvalue weighted by atomic mass is 15.3. The second kappa shape index (κ2) is 8.11. The number of benzene rings is 1. The summed E-state index contributed by atoms with van der Waals surface area (Å²) in [4.78, 5) is 7.54. The summed E-state index contributed by atoms with van der Waals surface area (Å²) in [5.74, 6) is 0. The van der Waals surface area contributed by atoms with Crippen LogP contribution in [0.4, 0.5) is 0 Å². The Morgan fingerprint density at radius 3 is 2.46 bits per heavy atom. The van der Waals surface area contributed by atoms with Crippen LogP contribution >= 0.6 is 0 Å². The number of nitrogens with zero attached hydrogens (tertiary/aromatic N) is 3. The van der Waals surface area contributed by atoms with Gasteiger partial charge in [-0.2, -0.15) is 0 Å². The van der Waals surface area contributed by atoms with Crippen molar-refractivity contribution >= 4 is 5.57 Å². The molecule has 2 aliphatic rings. The molecule has 1 fully saturated rings. The number of hydrogen-bond acceptors (Lipinski definition) is 3. The van der Waals surface area contributed by atoms with E-state index in [1.165, 1.54) is 49.4 Å². The van der Waals surface area contributed by atoms with Gasteiger partial charge in [-0.1, -0.05) is 48.1 Å². The van der Waals surface area contributed by atoms with E-state index in [0.717, 1.165) is 13.0 Å². The minimum atomic E-state index is 0.593. The Hall–Kier alpha value is -1.42. The van der Waals surface area contributed by atoms with Gasteiger partial charge in [-0.3, -0.25) is 9.80 Å². The van der Waals surface area contributed by atoms with Crippen molar-refractivity contribution in [3.05, 3.63) is 53.6 Å². The van der Waals surface area contributed by atoms with E-state index >= 15 is 0 Å². The average Bonchev–Trinajstić information content (AvgIpc) is 3.06. The average molecular weight is 326 g/mol. The molecular formula is C21H31N3. The van der Waals surface area contributed by atoms with Gasteiger partial charge in [0.2, 0.25) is 0 Å². The Morgan fingerprint density at radius 1 is 1.04 bits per heavy atom. The van der Waals surface area contributed by atoms with Crippen molar-refractivity contribution in [2.75, 3.05) is 53.4 Å². The maximum atomic E-state index is 2.61. The van der Waals surface area contributed by atoms with Crippen LogP contribution in [0.2, 0.25) is 0 Å². The van der Waals surface area contributed by atoms with Crippen molar-refractivity contribution < 1.29 is 0 Å². The van der Waals surface area contributed by atoms with Gasteiger partial charge in [0.15, 0.2) is 0 Å². The van der Waals surface area contributed by atoms with Crippen LogP contribution in [0, 0.1) is 0 Å². The van der Waals surface area contributed by atoms with Crippen molar-refractivity contribution in [2.24, 2.45) is 0 Å². The molecule has 0 bridgehead atoms. The number of likely N-dealkylation sites (N-methyl/N-ethyl adjacent to an activating group) is 2. The topological polar surface area (TPSA) is 9.72 Å². The van der Waals surface area contributed by atoms with Gasteiger partial charge in [0.25, 0.3) is 0 Å². The van der Waals surface area contributed by atoms with Crippen LogP contribution in [-0.4, -0.2) is 74.1 Å². The lowest BCUT2D eigenvalue weighted by Gasteiger charge is -2.36. The van der Waals surface area contributed by atoms with Crippen molar-refractivity contribution in [1.29, 1.82) is 0 Å². The fourth-order valence-electron chi connectivity index (χ4n) is 3.56. The first-order valence-corrected chi connectivity index (χ1v) is 9.17. The van der Waals surface area contributed by atoms with Gasteiger partial charge in [-0.05, 0) is 38.6 Å². The third-order valence-electron chi connectivity index (χ3n) is 5.41. The Balaban J connectivity index is 1.45. The molecule has 130 valence electrons. The highest BCUT2D eigenvalue weighted by Gasteiger charge is 2.19. The molecule has 1 aliphatic heterocycles. The molecule has 1 saturated heterocycles. The third-order valence-corrected chi connectivity index (χ3v) is 5.41. The van der Waals surface area contributed by atoms with Crippen LogP contribution in [-0.2, 0) is 0 Å². The van der Waals surface area contributed by atoms with Crippen LogP contribution in [0.1, 0.15) is 18.9 Å². The first-order valence-electron chi connectivity index (χ1n) is 9.17. The van der Waals surface area contributed by atoms with Gasteiger partial charge in [0.05, 0.1) is 0 Å². The van der Waals surface area contributed by atoms with E-state index in [9.17, 15) is 0 Å². The summed E-state index contributed by atoms with van der Waals surface area (Å²) in [6, 6.07) is 11.3. The van der Waals surface area contributed by atoms with E-state index in [2.05, 4.69) is 78.2 Å². The van der Waals surface area contributed by atoms with Crippen LogP contribution in [0.5, 0.6) is 0 Å². The normalized spacial score (nSPS) is 21.0. The van der Waals surface area contributed by atoms with E-state index in [4.69, 9.17) is 0 Å². The predicted molar refractivity (Wildman–Crippen MR) is 103 cm³/mol. The van der Waals surface area contributed by atoms with E-state index in [0.29, 0.717) is 6.04 Å². The standard InChI is InChI=1S/C21H31N3/c1-18(16-24-13-11-22(2)12-14-24)23(3)17-19-9-10-21(15-19)20-7-5-4-6-8-20/h4-10,18H,11-17H2,1-3H3. The molecule has 3 nitrogen and oxygen atoms in total. The lowest BCUT2D eigenvalue weighted by molar-refractivity contribution is 0.120. The Labute approximate surface area is 147 Å². The van der Waals surface area contributed by atoms with Crippen LogP contribution < -0.4 is 0 Å². The third kappa shape index (κ3) is 4.56. The smallest absolute Gasteiger partial charge is 0.0199 e. The zero-order chi connectivity index (χ0) is 16.9. The first-order chi connectivity index (χ1) is 11.6. The molecule has 0 N–H and O–H groups in total. The van der Waals surface area contributed by atoms with Crippen molar-refractivity contribution in [3.63, 3.8) is 0 Å². The highest BCUT2D eigenvalue weighted by molar-refractivity contribution is 5.72. The molecule has 1 atom stereocenters.